The molecule has 0 unspecified atom stereocenters. The van der Waals surface area contributed by atoms with Crippen LogP contribution in [0.5, 0.6) is 0 Å². The van der Waals surface area contributed by atoms with Crippen molar-refractivity contribution < 1.29 is 8.78 Å². The van der Waals surface area contributed by atoms with Crippen LogP contribution in [0.2, 0.25) is 0 Å². The third-order valence-corrected chi connectivity index (χ3v) is 2.35. The first-order valence-electron chi connectivity index (χ1n) is 3.70. The lowest BCUT2D eigenvalue weighted by molar-refractivity contribution is 0.584. The minimum Gasteiger partial charge on any atom is -0.374 e. The Morgan fingerprint density at radius 1 is 1.07 bits per heavy atom. The molecule has 1 aromatic heterocycles. The van der Waals surface area contributed by atoms with Gasteiger partial charge in [0.1, 0.15) is 16.6 Å². The maximum absolute atomic E-state index is 12.8. The molecule has 0 atom stereocenters. The van der Waals surface area contributed by atoms with Gasteiger partial charge in [-0.2, -0.15) is 0 Å². The van der Waals surface area contributed by atoms with Gasteiger partial charge >= 0.3 is 0 Å². The van der Waals surface area contributed by atoms with Crippen molar-refractivity contribution in [3.63, 3.8) is 0 Å². The third-order valence-electron chi connectivity index (χ3n) is 1.55. The van der Waals surface area contributed by atoms with Crippen LogP contribution in [0.15, 0.2) is 18.2 Å². The highest BCUT2D eigenvalue weighted by Gasteiger charge is 2.07. The number of aromatic nitrogens is 2. The summed E-state index contributed by atoms with van der Waals surface area (Å²) >= 11 is 1.08. The fourth-order valence-electron chi connectivity index (χ4n) is 1.03. The summed E-state index contributed by atoms with van der Waals surface area (Å²) in [4.78, 5) is 0. The highest BCUT2D eigenvalue weighted by Crippen LogP contribution is 2.25. The molecule has 0 amide bonds. The molecule has 0 bridgehead atoms. The van der Waals surface area contributed by atoms with E-state index in [1.807, 2.05) is 0 Å². The molecule has 0 aliphatic carbocycles. The molecule has 0 saturated heterocycles. The fourth-order valence-corrected chi connectivity index (χ4v) is 1.63. The Bertz CT molecular complexity index is 449. The molecular weight excluding hydrogens is 208 g/mol. The standard InChI is InChI=1S/C8H5F2N3S/c9-5-1-4(2-6(10)3-5)7-12-13-8(11)14-7/h1-3H,(H2,11,13). The molecule has 2 rings (SSSR count). The summed E-state index contributed by atoms with van der Waals surface area (Å²) in [6, 6.07) is 3.17. The second kappa shape index (κ2) is 3.30. The van der Waals surface area contributed by atoms with E-state index in [9.17, 15) is 8.78 Å². The number of benzene rings is 1. The Balaban J connectivity index is 2.51. The van der Waals surface area contributed by atoms with Gasteiger partial charge in [-0.3, -0.25) is 0 Å². The van der Waals surface area contributed by atoms with E-state index in [0.29, 0.717) is 10.6 Å². The number of nitrogens with two attached hydrogens (primary N) is 1. The first-order valence-corrected chi connectivity index (χ1v) is 4.52. The van der Waals surface area contributed by atoms with Crippen LogP contribution in [0.25, 0.3) is 10.6 Å². The van der Waals surface area contributed by atoms with E-state index in [1.54, 1.807) is 0 Å². The molecule has 72 valence electrons. The Hall–Kier alpha value is -1.56. The number of nitrogen functional groups attached to an aromatic ring is 1. The molecule has 0 aliphatic heterocycles. The maximum Gasteiger partial charge on any atom is 0.203 e. The number of hydrogen-bond donors (Lipinski definition) is 1. The minimum absolute atomic E-state index is 0.268. The second-order valence-corrected chi connectivity index (χ2v) is 3.61. The zero-order valence-electron chi connectivity index (χ0n) is 6.87. The van der Waals surface area contributed by atoms with Gasteiger partial charge in [-0.15, -0.1) is 10.2 Å². The average molecular weight is 213 g/mol. The zero-order valence-corrected chi connectivity index (χ0v) is 7.68. The number of nitrogens with zero attached hydrogens (tertiary/aromatic N) is 2. The SMILES string of the molecule is Nc1nnc(-c2cc(F)cc(F)c2)s1. The van der Waals surface area contributed by atoms with Gasteiger partial charge < -0.3 is 5.73 Å². The van der Waals surface area contributed by atoms with E-state index in [-0.39, 0.29) is 5.13 Å². The molecule has 0 radical (unpaired) electrons. The zero-order chi connectivity index (χ0) is 10.1. The van der Waals surface area contributed by atoms with Gasteiger partial charge in [-0.25, -0.2) is 8.78 Å². The van der Waals surface area contributed by atoms with E-state index < -0.39 is 11.6 Å². The maximum atomic E-state index is 12.8. The molecule has 3 nitrogen and oxygen atoms in total. The number of rotatable bonds is 1. The average Bonchev–Trinajstić information content (AvgIpc) is 2.50. The highest BCUT2D eigenvalue weighted by molar-refractivity contribution is 7.18. The first kappa shape index (κ1) is 9.01. The molecule has 14 heavy (non-hydrogen) atoms. The lowest BCUT2D eigenvalue weighted by atomic mass is 10.2. The molecule has 1 heterocycles. The van der Waals surface area contributed by atoms with Crippen LogP contribution < -0.4 is 5.73 Å². The van der Waals surface area contributed by atoms with Crippen molar-refractivity contribution in [2.75, 3.05) is 5.73 Å². The molecule has 0 fully saturated rings. The van der Waals surface area contributed by atoms with Crippen LogP contribution in [-0.2, 0) is 0 Å². The van der Waals surface area contributed by atoms with Gasteiger partial charge in [0.15, 0.2) is 0 Å². The van der Waals surface area contributed by atoms with Crippen LogP contribution in [-0.4, -0.2) is 10.2 Å². The van der Waals surface area contributed by atoms with Crippen LogP contribution in [0.3, 0.4) is 0 Å². The van der Waals surface area contributed by atoms with E-state index in [0.717, 1.165) is 17.4 Å². The van der Waals surface area contributed by atoms with Crippen molar-refractivity contribution in [3.05, 3.63) is 29.8 Å². The summed E-state index contributed by atoms with van der Waals surface area (Å²) in [5.41, 5.74) is 5.69. The fraction of sp³-hybridized carbons (Fsp3) is 0. The quantitative estimate of drug-likeness (QED) is 0.788. The van der Waals surface area contributed by atoms with Gasteiger partial charge in [-0.1, -0.05) is 11.3 Å². The predicted molar refractivity (Wildman–Crippen MR) is 49.7 cm³/mol. The smallest absolute Gasteiger partial charge is 0.203 e. The number of hydrogen-bond acceptors (Lipinski definition) is 4. The minimum atomic E-state index is -0.645. The van der Waals surface area contributed by atoms with E-state index >= 15 is 0 Å². The number of halogens is 2. The van der Waals surface area contributed by atoms with Gasteiger partial charge in [0, 0.05) is 11.6 Å². The van der Waals surface area contributed by atoms with Gasteiger partial charge in [0.25, 0.3) is 0 Å². The molecule has 6 heteroatoms. The summed E-state index contributed by atoms with van der Waals surface area (Å²) in [5, 5.41) is 7.90. The van der Waals surface area contributed by atoms with E-state index in [4.69, 9.17) is 5.73 Å². The van der Waals surface area contributed by atoms with Crippen LogP contribution >= 0.6 is 11.3 Å². The van der Waals surface area contributed by atoms with Crippen molar-refractivity contribution in [2.24, 2.45) is 0 Å². The molecule has 1 aromatic carbocycles. The molecule has 0 aliphatic rings. The monoisotopic (exact) mass is 213 g/mol. The first-order chi connectivity index (χ1) is 6.65. The molecular formula is C8H5F2N3S. The highest BCUT2D eigenvalue weighted by atomic mass is 32.1. The Kier molecular flexibility index (Phi) is 2.12. The molecule has 2 aromatic rings. The third kappa shape index (κ3) is 1.69. The predicted octanol–water partition coefficient (Wildman–Crippen LogP) is 2.07. The summed E-state index contributed by atoms with van der Waals surface area (Å²) in [6.45, 7) is 0. The van der Waals surface area contributed by atoms with Gasteiger partial charge in [0.2, 0.25) is 5.13 Å². The van der Waals surface area contributed by atoms with Crippen molar-refractivity contribution in [1.29, 1.82) is 0 Å². The van der Waals surface area contributed by atoms with E-state index in [1.165, 1.54) is 12.1 Å². The van der Waals surface area contributed by atoms with Crippen molar-refractivity contribution in [3.8, 4) is 10.6 Å². The lowest BCUT2D eigenvalue weighted by Crippen LogP contribution is -1.83. The largest absolute Gasteiger partial charge is 0.374 e. The molecule has 0 spiro atoms. The second-order valence-electron chi connectivity index (χ2n) is 2.60. The van der Waals surface area contributed by atoms with Crippen LogP contribution in [0.1, 0.15) is 0 Å². The lowest BCUT2D eigenvalue weighted by Gasteiger charge is -1.95. The molecule has 2 N–H and O–H groups in total. The van der Waals surface area contributed by atoms with E-state index in [2.05, 4.69) is 10.2 Å². The van der Waals surface area contributed by atoms with Crippen LogP contribution in [0, 0.1) is 11.6 Å². The van der Waals surface area contributed by atoms with Gasteiger partial charge in [0.05, 0.1) is 0 Å². The van der Waals surface area contributed by atoms with Crippen molar-refractivity contribution in [1.82, 2.24) is 10.2 Å². The van der Waals surface area contributed by atoms with Crippen molar-refractivity contribution in [2.45, 2.75) is 0 Å². The summed E-state index contributed by atoms with van der Waals surface area (Å²) in [6.07, 6.45) is 0. The Labute approximate surface area is 82.2 Å². The summed E-state index contributed by atoms with van der Waals surface area (Å²) in [5.74, 6) is -1.29. The summed E-state index contributed by atoms with van der Waals surface area (Å²) in [7, 11) is 0. The number of anilines is 1. The van der Waals surface area contributed by atoms with Crippen molar-refractivity contribution >= 4 is 16.5 Å². The van der Waals surface area contributed by atoms with Crippen LogP contribution in [0.4, 0.5) is 13.9 Å². The molecule has 0 saturated carbocycles. The Morgan fingerprint density at radius 2 is 1.71 bits per heavy atom. The summed E-state index contributed by atoms with van der Waals surface area (Å²) < 4.78 is 25.6. The normalized spacial score (nSPS) is 10.4. The topological polar surface area (TPSA) is 51.8 Å². The Morgan fingerprint density at radius 3 is 2.21 bits per heavy atom. The van der Waals surface area contributed by atoms with Gasteiger partial charge in [-0.05, 0) is 12.1 Å².